The summed E-state index contributed by atoms with van der Waals surface area (Å²) in [6, 6.07) is 1.93. The maximum absolute atomic E-state index is 12.2. The van der Waals surface area contributed by atoms with Crippen molar-refractivity contribution in [2.45, 2.75) is 23.5 Å². The molecule has 0 aliphatic rings. The minimum Gasteiger partial charge on any atom is -0.258 e. The predicted molar refractivity (Wildman–Crippen MR) is 75.1 cm³/mol. The first-order valence-corrected chi connectivity index (χ1v) is 7.98. The van der Waals surface area contributed by atoms with Gasteiger partial charge >= 0.3 is 0 Å². The SMILES string of the molecule is CC(CCCl)S(=O)(=O)c1c(Cl)cc([N+](=O)[O-])cc1Cl. The molecule has 1 aromatic rings. The highest BCUT2D eigenvalue weighted by Gasteiger charge is 2.29. The average molecular weight is 347 g/mol. The average Bonchev–Trinajstić information content (AvgIpc) is 2.27. The lowest BCUT2D eigenvalue weighted by atomic mass is 10.3. The van der Waals surface area contributed by atoms with Gasteiger partial charge in [0.15, 0.2) is 9.84 Å². The third-order valence-corrected chi connectivity index (χ3v) is 5.87. The molecule has 0 saturated carbocycles. The van der Waals surface area contributed by atoms with Gasteiger partial charge in [-0.1, -0.05) is 23.2 Å². The van der Waals surface area contributed by atoms with Crippen LogP contribution in [0.4, 0.5) is 5.69 Å². The summed E-state index contributed by atoms with van der Waals surface area (Å²) in [4.78, 5) is 9.63. The van der Waals surface area contributed by atoms with Gasteiger partial charge < -0.3 is 0 Å². The van der Waals surface area contributed by atoms with E-state index in [9.17, 15) is 18.5 Å². The Morgan fingerprint density at radius 3 is 2.16 bits per heavy atom. The third-order valence-electron chi connectivity index (χ3n) is 2.52. The molecule has 0 aliphatic heterocycles. The van der Waals surface area contributed by atoms with Crippen LogP contribution < -0.4 is 0 Å². The molecule has 0 amide bonds. The zero-order valence-electron chi connectivity index (χ0n) is 9.77. The quantitative estimate of drug-likeness (QED) is 0.463. The van der Waals surface area contributed by atoms with E-state index in [4.69, 9.17) is 34.8 Å². The molecular weight excluding hydrogens is 337 g/mol. The molecule has 0 fully saturated rings. The molecule has 1 rings (SSSR count). The van der Waals surface area contributed by atoms with Crippen molar-refractivity contribution in [2.24, 2.45) is 0 Å². The van der Waals surface area contributed by atoms with E-state index in [0.717, 1.165) is 12.1 Å². The number of sulfone groups is 1. The predicted octanol–water partition coefficient (Wildman–Crippen LogP) is 3.69. The number of rotatable bonds is 5. The van der Waals surface area contributed by atoms with Gasteiger partial charge in [0.25, 0.3) is 5.69 Å². The van der Waals surface area contributed by atoms with E-state index in [1.165, 1.54) is 6.92 Å². The van der Waals surface area contributed by atoms with Crippen LogP contribution in [0.3, 0.4) is 0 Å². The fourth-order valence-corrected chi connectivity index (χ4v) is 4.50. The van der Waals surface area contributed by atoms with Gasteiger partial charge in [0.1, 0.15) is 4.90 Å². The van der Waals surface area contributed by atoms with Crippen molar-refractivity contribution in [1.82, 2.24) is 0 Å². The van der Waals surface area contributed by atoms with E-state index in [0.29, 0.717) is 0 Å². The maximum atomic E-state index is 12.2. The van der Waals surface area contributed by atoms with E-state index in [1.807, 2.05) is 0 Å². The third kappa shape index (κ3) is 3.51. The highest BCUT2D eigenvalue weighted by Crippen LogP contribution is 2.36. The second-order valence-corrected chi connectivity index (χ2v) is 7.32. The van der Waals surface area contributed by atoms with E-state index in [1.54, 1.807) is 0 Å². The molecule has 19 heavy (non-hydrogen) atoms. The number of hydrogen-bond donors (Lipinski definition) is 0. The van der Waals surface area contributed by atoms with E-state index < -0.39 is 20.0 Å². The zero-order valence-corrected chi connectivity index (χ0v) is 12.9. The van der Waals surface area contributed by atoms with Crippen molar-refractivity contribution in [3.63, 3.8) is 0 Å². The van der Waals surface area contributed by atoms with Gasteiger partial charge in [-0.15, -0.1) is 11.6 Å². The first-order chi connectivity index (χ1) is 8.71. The van der Waals surface area contributed by atoms with Gasteiger partial charge in [0, 0.05) is 18.0 Å². The van der Waals surface area contributed by atoms with Crippen LogP contribution in [-0.2, 0) is 9.84 Å². The largest absolute Gasteiger partial charge is 0.272 e. The second kappa shape index (κ2) is 6.26. The summed E-state index contributed by atoms with van der Waals surface area (Å²) in [6.45, 7) is 1.48. The van der Waals surface area contributed by atoms with Gasteiger partial charge in [-0.25, -0.2) is 8.42 Å². The molecule has 1 aromatic carbocycles. The molecule has 0 radical (unpaired) electrons. The molecular formula is C10H10Cl3NO4S. The summed E-state index contributed by atoms with van der Waals surface area (Å²) in [5.41, 5.74) is -0.362. The first kappa shape index (κ1) is 16.5. The van der Waals surface area contributed by atoms with Crippen LogP contribution in [0.15, 0.2) is 17.0 Å². The zero-order chi connectivity index (χ0) is 14.8. The Bertz CT molecular complexity index is 580. The van der Waals surface area contributed by atoms with E-state index in [-0.39, 0.29) is 32.9 Å². The smallest absolute Gasteiger partial charge is 0.258 e. The van der Waals surface area contributed by atoms with Gasteiger partial charge in [-0.05, 0) is 13.3 Å². The molecule has 0 aromatic heterocycles. The van der Waals surface area contributed by atoms with Crippen LogP contribution in [0.5, 0.6) is 0 Å². The lowest BCUT2D eigenvalue weighted by molar-refractivity contribution is -0.384. The molecule has 5 nitrogen and oxygen atoms in total. The normalized spacial score (nSPS) is 13.3. The minimum absolute atomic E-state index is 0.169. The van der Waals surface area contributed by atoms with E-state index in [2.05, 4.69) is 0 Å². The van der Waals surface area contributed by atoms with Crippen LogP contribution in [0, 0.1) is 10.1 Å². The molecule has 0 aliphatic carbocycles. The Morgan fingerprint density at radius 1 is 1.32 bits per heavy atom. The van der Waals surface area contributed by atoms with Crippen LogP contribution in [0.1, 0.15) is 13.3 Å². The summed E-state index contributed by atoms with van der Waals surface area (Å²) in [5, 5.41) is 9.32. The number of hydrogen-bond acceptors (Lipinski definition) is 4. The number of nitrogens with zero attached hydrogens (tertiary/aromatic N) is 1. The Hall–Kier alpha value is -0.560. The van der Waals surface area contributed by atoms with Crippen LogP contribution in [-0.4, -0.2) is 24.5 Å². The highest BCUT2D eigenvalue weighted by molar-refractivity contribution is 7.92. The molecule has 0 saturated heterocycles. The second-order valence-electron chi connectivity index (χ2n) is 3.83. The molecule has 9 heteroatoms. The Kier molecular flexibility index (Phi) is 5.43. The molecule has 0 spiro atoms. The van der Waals surface area contributed by atoms with Crippen molar-refractivity contribution >= 4 is 50.3 Å². The lowest BCUT2D eigenvalue weighted by Gasteiger charge is -2.14. The molecule has 0 bridgehead atoms. The number of benzene rings is 1. The molecule has 1 unspecified atom stereocenters. The van der Waals surface area contributed by atoms with Crippen molar-refractivity contribution in [3.8, 4) is 0 Å². The molecule has 0 heterocycles. The van der Waals surface area contributed by atoms with Gasteiger partial charge in [0.05, 0.1) is 20.2 Å². The van der Waals surface area contributed by atoms with Gasteiger partial charge in [0.2, 0.25) is 0 Å². The molecule has 1 atom stereocenters. The Morgan fingerprint density at radius 2 is 1.79 bits per heavy atom. The molecule has 106 valence electrons. The summed E-state index contributed by atoms with van der Waals surface area (Å²) in [6.07, 6.45) is 0.230. The lowest BCUT2D eigenvalue weighted by Crippen LogP contribution is -2.19. The van der Waals surface area contributed by atoms with Crippen LogP contribution >= 0.6 is 34.8 Å². The Balaban J connectivity index is 3.40. The number of nitro benzene ring substituents is 1. The van der Waals surface area contributed by atoms with Gasteiger partial charge in [-0.3, -0.25) is 10.1 Å². The van der Waals surface area contributed by atoms with Crippen LogP contribution in [0.2, 0.25) is 10.0 Å². The number of alkyl halides is 1. The van der Waals surface area contributed by atoms with Crippen molar-refractivity contribution in [1.29, 1.82) is 0 Å². The van der Waals surface area contributed by atoms with Crippen LogP contribution in [0.25, 0.3) is 0 Å². The van der Waals surface area contributed by atoms with Gasteiger partial charge in [-0.2, -0.15) is 0 Å². The summed E-state index contributed by atoms with van der Waals surface area (Å²) >= 11 is 17.1. The minimum atomic E-state index is -3.78. The maximum Gasteiger partial charge on any atom is 0.272 e. The fourth-order valence-electron chi connectivity index (χ4n) is 1.43. The monoisotopic (exact) mass is 345 g/mol. The number of non-ortho nitro benzene ring substituents is 1. The topological polar surface area (TPSA) is 77.3 Å². The summed E-state index contributed by atoms with van der Waals surface area (Å²) in [7, 11) is -3.78. The first-order valence-electron chi connectivity index (χ1n) is 5.15. The number of nitro groups is 1. The highest BCUT2D eigenvalue weighted by atomic mass is 35.5. The van der Waals surface area contributed by atoms with Crippen molar-refractivity contribution in [2.75, 3.05) is 5.88 Å². The molecule has 0 N–H and O–H groups in total. The van der Waals surface area contributed by atoms with E-state index >= 15 is 0 Å². The summed E-state index contributed by atoms with van der Waals surface area (Å²) < 4.78 is 24.5. The fraction of sp³-hybridized carbons (Fsp3) is 0.400. The van der Waals surface area contributed by atoms with Crippen molar-refractivity contribution in [3.05, 3.63) is 32.3 Å². The Labute approximate surface area is 125 Å². The standard InChI is InChI=1S/C10H10Cl3NO4S/c1-6(2-3-11)19(17,18)10-8(12)4-7(14(15)16)5-9(10)13/h4-6H,2-3H2,1H3. The summed E-state index contributed by atoms with van der Waals surface area (Å²) in [5.74, 6) is 0.169. The number of halogens is 3. The van der Waals surface area contributed by atoms with Crippen molar-refractivity contribution < 1.29 is 13.3 Å².